The second kappa shape index (κ2) is 5.65. The minimum Gasteiger partial charge on any atom is -0.391 e. The molecule has 0 saturated carbocycles. The van der Waals surface area contributed by atoms with Crippen molar-refractivity contribution in [1.29, 1.82) is 0 Å². The summed E-state index contributed by atoms with van der Waals surface area (Å²) in [5, 5.41) is 10.1. The summed E-state index contributed by atoms with van der Waals surface area (Å²) in [6.07, 6.45) is 0. The van der Waals surface area contributed by atoms with Crippen molar-refractivity contribution in [3.63, 3.8) is 0 Å². The molecule has 0 spiro atoms. The van der Waals surface area contributed by atoms with Crippen LogP contribution in [0.1, 0.15) is 11.8 Å². The van der Waals surface area contributed by atoms with E-state index in [1.54, 1.807) is 12.1 Å². The van der Waals surface area contributed by atoms with Gasteiger partial charge < -0.3 is 10.0 Å². The topological polar surface area (TPSA) is 36.4 Å². The first-order chi connectivity index (χ1) is 8.65. The number of halogens is 2. The van der Waals surface area contributed by atoms with Crippen molar-refractivity contribution in [2.45, 2.75) is 13.5 Å². The molecule has 0 aliphatic heterocycles. The maximum atomic E-state index is 12.9. The van der Waals surface area contributed by atoms with Gasteiger partial charge in [-0.25, -0.2) is 9.37 Å². The predicted molar refractivity (Wildman–Crippen MR) is 72.1 cm³/mol. The van der Waals surface area contributed by atoms with Crippen molar-refractivity contribution < 1.29 is 9.50 Å². The van der Waals surface area contributed by atoms with Crippen LogP contribution in [0.3, 0.4) is 0 Å². The van der Waals surface area contributed by atoms with Crippen LogP contribution < -0.4 is 4.90 Å². The van der Waals surface area contributed by atoms with Crippen molar-refractivity contribution in [3.05, 3.63) is 40.1 Å². The van der Waals surface area contributed by atoms with Crippen molar-refractivity contribution in [2.24, 2.45) is 0 Å². The highest BCUT2D eigenvalue weighted by Gasteiger charge is 2.15. The zero-order chi connectivity index (χ0) is 13.1. The van der Waals surface area contributed by atoms with Crippen molar-refractivity contribution in [2.75, 3.05) is 11.4 Å². The summed E-state index contributed by atoms with van der Waals surface area (Å²) in [5.74, 6) is -0.275. The molecule has 0 saturated heterocycles. The van der Waals surface area contributed by atoms with E-state index in [4.69, 9.17) is 16.7 Å². The lowest BCUT2D eigenvalue weighted by Gasteiger charge is -2.19. The summed E-state index contributed by atoms with van der Waals surface area (Å²) >= 11 is 7.24. The molecule has 0 radical (unpaired) electrons. The van der Waals surface area contributed by atoms with Gasteiger partial charge in [-0.15, -0.1) is 0 Å². The highest BCUT2D eigenvalue weighted by Crippen LogP contribution is 2.33. The minimum absolute atomic E-state index is 0.128. The number of nitrogens with zero attached hydrogens (tertiary/aromatic N) is 2. The quantitative estimate of drug-likeness (QED) is 0.933. The van der Waals surface area contributed by atoms with Crippen LogP contribution in [0.25, 0.3) is 0 Å². The molecule has 18 heavy (non-hydrogen) atoms. The Morgan fingerprint density at radius 1 is 1.39 bits per heavy atom. The van der Waals surface area contributed by atoms with E-state index < -0.39 is 0 Å². The molecule has 6 heteroatoms. The molecular formula is C12H12ClFN2OS. The third-order valence-corrected chi connectivity index (χ3v) is 3.96. The third kappa shape index (κ3) is 2.63. The Hall–Kier alpha value is -1.17. The fraction of sp³-hybridized carbons (Fsp3) is 0.250. The average Bonchev–Trinajstić information content (AvgIpc) is 2.74. The van der Waals surface area contributed by atoms with Gasteiger partial charge in [-0.3, -0.25) is 0 Å². The van der Waals surface area contributed by atoms with Gasteiger partial charge in [0.15, 0.2) is 5.13 Å². The van der Waals surface area contributed by atoms with Crippen LogP contribution in [0.5, 0.6) is 0 Å². The molecule has 1 aromatic carbocycles. The maximum absolute atomic E-state index is 12.9. The predicted octanol–water partition coefficient (Wildman–Crippen LogP) is 3.59. The molecular weight excluding hydrogens is 275 g/mol. The normalized spacial score (nSPS) is 10.7. The second-order valence-electron chi connectivity index (χ2n) is 3.59. The van der Waals surface area contributed by atoms with Crippen LogP contribution in [-0.2, 0) is 6.61 Å². The molecule has 0 atom stereocenters. The zero-order valence-electron chi connectivity index (χ0n) is 9.73. The summed E-state index contributed by atoms with van der Waals surface area (Å²) in [6.45, 7) is 2.52. The maximum Gasteiger partial charge on any atom is 0.191 e. The van der Waals surface area contributed by atoms with E-state index in [9.17, 15) is 4.39 Å². The molecule has 3 nitrogen and oxygen atoms in total. The highest BCUT2D eigenvalue weighted by atomic mass is 35.5. The van der Waals surface area contributed by atoms with Gasteiger partial charge in [0, 0.05) is 12.2 Å². The summed E-state index contributed by atoms with van der Waals surface area (Å²) < 4.78 is 12.9. The highest BCUT2D eigenvalue weighted by molar-refractivity contribution is 7.16. The van der Waals surface area contributed by atoms with E-state index in [1.807, 2.05) is 11.8 Å². The Balaban J connectivity index is 2.35. The van der Waals surface area contributed by atoms with Crippen LogP contribution in [0, 0.1) is 5.82 Å². The van der Waals surface area contributed by atoms with Crippen LogP contribution in [0.15, 0.2) is 24.3 Å². The summed E-state index contributed by atoms with van der Waals surface area (Å²) in [5.41, 5.74) is 0.841. The fourth-order valence-electron chi connectivity index (χ4n) is 1.58. The van der Waals surface area contributed by atoms with Crippen LogP contribution in [0.2, 0.25) is 5.15 Å². The minimum atomic E-state index is -0.275. The molecule has 2 aromatic rings. The molecule has 0 unspecified atom stereocenters. The van der Waals surface area contributed by atoms with Gasteiger partial charge >= 0.3 is 0 Å². The number of hydrogen-bond donors (Lipinski definition) is 1. The molecule has 1 N–H and O–H groups in total. The lowest BCUT2D eigenvalue weighted by atomic mass is 10.3. The molecule has 0 aliphatic carbocycles. The largest absolute Gasteiger partial charge is 0.391 e. The van der Waals surface area contributed by atoms with Gasteiger partial charge in [-0.2, -0.15) is 0 Å². The van der Waals surface area contributed by atoms with E-state index in [2.05, 4.69) is 4.98 Å². The smallest absolute Gasteiger partial charge is 0.191 e. The lowest BCUT2D eigenvalue weighted by molar-refractivity contribution is 0.285. The van der Waals surface area contributed by atoms with E-state index in [1.165, 1.54) is 23.5 Å². The van der Waals surface area contributed by atoms with Gasteiger partial charge in [-0.05, 0) is 31.2 Å². The van der Waals surface area contributed by atoms with Crippen LogP contribution >= 0.6 is 22.9 Å². The molecule has 2 rings (SSSR count). The SMILES string of the molecule is CCN(c1ccc(F)cc1)c1nc(Cl)c(CO)s1. The lowest BCUT2D eigenvalue weighted by Crippen LogP contribution is -2.15. The second-order valence-corrected chi connectivity index (χ2v) is 5.01. The van der Waals surface area contributed by atoms with E-state index in [0.29, 0.717) is 21.7 Å². The molecule has 0 bridgehead atoms. The van der Waals surface area contributed by atoms with Crippen molar-refractivity contribution in [1.82, 2.24) is 4.98 Å². The van der Waals surface area contributed by atoms with Gasteiger partial charge in [0.05, 0.1) is 11.5 Å². The number of aliphatic hydroxyl groups excluding tert-OH is 1. The Labute approximate surface area is 113 Å². The van der Waals surface area contributed by atoms with Gasteiger partial charge in [0.2, 0.25) is 0 Å². The average molecular weight is 287 g/mol. The standard InChI is InChI=1S/C12H12ClFN2OS/c1-2-16(9-5-3-8(14)4-6-9)12-15-11(13)10(7-17)18-12/h3-6,17H,2,7H2,1H3. The van der Waals surface area contributed by atoms with Crippen molar-refractivity contribution >= 4 is 33.8 Å². The summed E-state index contributed by atoms with van der Waals surface area (Å²) in [6, 6.07) is 6.18. The van der Waals surface area contributed by atoms with E-state index in [0.717, 1.165) is 5.69 Å². The van der Waals surface area contributed by atoms with Crippen LogP contribution in [0.4, 0.5) is 15.2 Å². The number of hydrogen-bond acceptors (Lipinski definition) is 4. The first-order valence-corrected chi connectivity index (χ1v) is 6.64. The molecule has 0 amide bonds. The Kier molecular flexibility index (Phi) is 4.16. The van der Waals surface area contributed by atoms with Crippen LogP contribution in [-0.4, -0.2) is 16.6 Å². The summed E-state index contributed by atoms with van der Waals surface area (Å²) in [4.78, 5) is 6.75. The molecule has 96 valence electrons. The van der Waals surface area contributed by atoms with Crippen molar-refractivity contribution in [3.8, 4) is 0 Å². The molecule has 1 aromatic heterocycles. The Bertz CT molecular complexity index is 529. The number of rotatable bonds is 4. The van der Waals surface area contributed by atoms with E-state index in [-0.39, 0.29) is 12.4 Å². The summed E-state index contributed by atoms with van der Waals surface area (Å²) in [7, 11) is 0. The number of aromatic nitrogens is 1. The number of aliphatic hydroxyl groups is 1. The number of anilines is 2. The first kappa shape index (κ1) is 13.3. The van der Waals surface area contributed by atoms with Gasteiger partial charge in [-0.1, -0.05) is 22.9 Å². The molecule has 0 aliphatic rings. The molecule has 0 fully saturated rings. The van der Waals surface area contributed by atoms with Gasteiger partial charge in [0.1, 0.15) is 11.0 Å². The van der Waals surface area contributed by atoms with E-state index >= 15 is 0 Å². The first-order valence-electron chi connectivity index (χ1n) is 5.45. The monoisotopic (exact) mass is 286 g/mol. The zero-order valence-corrected chi connectivity index (χ0v) is 11.3. The number of thiazole rings is 1. The molecule has 1 heterocycles. The Morgan fingerprint density at radius 2 is 2.06 bits per heavy atom. The van der Waals surface area contributed by atoms with Gasteiger partial charge in [0.25, 0.3) is 0 Å². The Morgan fingerprint density at radius 3 is 2.56 bits per heavy atom. The third-order valence-electron chi connectivity index (χ3n) is 2.47. The fourth-order valence-corrected chi connectivity index (χ4v) is 2.79. The number of benzene rings is 1.